The van der Waals surface area contributed by atoms with Crippen LogP contribution in [-0.4, -0.2) is 59.4 Å². The van der Waals surface area contributed by atoms with Crippen LogP contribution in [0.5, 0.6) is 11.8 Å². The molecule has 9 nitrogen and oxygen atoms in total. The Morgan fingerprint density at radius 2 is 1.61 bits per heavy atom. The number of rotatable bonds is 6. The Kier molecular flexibility index (Phi) is 9.32. The minimum atomic E-state index is -5.08. The number of aromatic nitrogens is 2. The number of carboxylic acid groups (broad SMARTS) is 1. The zero-order valence-electron chi connectivity index (χ0n) is 21.1. The van der Waals surface area contributed by atoms with E-state index in [1.54, 1.807) is 12.1 Å². The van der Waals surface area contributed by atoms with Crippen LogP contribution in [0.1, 0.15) is 41.6 Å². The lowest BCUT2D eigenvalue weighted by Gasteiger charge is -2.30. The summed E-state index contributed by atoms with van der Waals surface area (Å²) in [7, 11) is 3.03. The first-order valence-corrected chi connectivity index (χ1v) is 11.8. The first kappa shape index (κ1) is 28.5. The quantitative estimate of drug-likeness (QED) is 0.415. The van der Waals surface area contributed by atoms with Crippen molar-refractivity contribution in [3.05, 3.63) is 53.6 Å². The number of aryl methyl sites for hydroxylation is 1. The number of carbonyl (C=O) groups excluding carboxylic acids is 1. The zero-order valence-corrected chi connectivity index (χ0v) is 21.1. The second kappa shape index (κ2) is 12.4. The van der Waals surface area contributed by atoms with Gasteiger partial charge in [-0.25, -0.2) is 9.78 Å². The van der Waals surface area contributed by atoms with E-state index in [2.05, 4.69) is 34.7 Å². The number of ether oxygens (including phenoxy) is 2. The highest BCUT2D eigenvalue weighted by Crippen LogP contribution is 2.26. The van der Waals surface area contributed by atoms with Crippen molar-refractivity contribution in [2.75, 3.05) is 19.5 Å². The normalized spacial score (nSPS) is 17.1. The maximum atomic E-state index is 12.7. The molecule has 3 aromatic rings. The molecule has 3 N–H and O–H groups in total. The van der Waals surface area contributed by atoms with Crippen LogP contribution in [0.15, 0.2) is 42.5 Å². The Bertz CT molecular complexity index is 1280. The summed E-state index contributed by atoms with van der Waals surface area (Å²) >= 11 is 0. The van der Waals surface area contributed by atoms with Gasteiger partial charge in [0.15, 0.2) is 0 Å². The number of carboxylic acids is 1. The minimum absolute atomic E-state index is 0.128. The van der Waals surface area contributed by atoms with Gasteiger partial charge in [0.1, 0.15) is 11.4 Å². The number of fused-ring (bicyclic) bond motifs is 1. The zero-order chi connectivity index (χ0) is 27.9. The standard InChI is InChI=1S/C24H28N4O3.C2HF3O2/c1-15-14-21(27-20-7-5-4-6-18(15)20)25-16-8-10-17(11-9-16)26-23(29)19-12-13-22(30-2)28-24(19)31-3;3-2(4,5)1(6)7/h4-7,12-14,16-17H,8-11H2,1-3H3,(H,25,27)(H,26,29);(H,6,7). The average molecular weight is 535 g/mol. The molecule has 0 atom stereocenters. The molecule has 1 saturated carbocycles. The van der Waals surface area contributed by atoms with Crippen LogP contribution in [0.3, 0.4) is 0 Å². The van der Waals surface area contributed by atoms with Crippen LogP contribution in [-0.2, 0) is 4.79 Å². The van der Waals surface area contributed by atoms with Crippen LogP contribution in [0.2, 0.25) is 0 Å². The summed E-state index contributed by atoms with van der Waals surface area (Å²) < 4.78 is 42.1. The molecule has 4 rings (SSSR count). The van der Waals surface area contributed by atoms with Gasteiger partial charge in [0.25, 0.3) is 5.91 Å². The van der Waals surface area contributed by atoms with E-state index in [9.17, 15) is 18.0 Å². The van der Waals surface area contributed by atoms with Gasteiger partial charge in [-0.1, -0.05) is 18.2 Å². The summed E-state index contributed by atoms with van der Waals surface area (Å²) in [5.74, 6) is -1.33. The van der Waals surface area contributed by atoms with Crippen molar-refractivity contribution in [1.29, 1.82) is 0 Å². The van der Waals surface area contributed by atoms with E-state index in [0.29, 0.717) is 17.5 Å². The molecule has 1 aliphatic carbocycles. The number of anilines is 1. The number of carbonyl (C=O) groups is 2. The predicted octanol–water partition coefficient (Wildman–Crippen LogP) is 4.74. The molecule has 1 fully saturated rings. The number of nitrogens with zero attached hydrogens (tertiary/aromatic N) is 2. The maximum Gasteiger partial charge on any atom is 0.490 e. The van der Waals surface area contributed by atoms with E-state index < -0.39 is 12.1 Å². The number of aliphatic carboxylic acids is 1. The first-order chi connectivity index (χ1) is 18.0. The summed E-state index contributed by atoms with van der Waals surface area (Å²) in [5.41, 5.74) is 2.64. The molecule has 38 heavy (non-hydrogen) atoms. The molecule has 12 heteroatoms. The fraction of sp³-hybridized carbons (Fsp3) is 0.385. The fourth-order valence-electron chi connectivity index (χ4n) is 4.14. The molecule has 0 bridgehead atoms. The van der Waals surface area contributed by atoms with Crippen molar-refractivity contribution >= 4 is 28.6 Å². The van der Waals surface area contributed by atoms with Gasteiger partial charge in [0.2, 0.25) is 11.8 Å². The summed E-state index contributed by atoms with van der Waals surface area (Å²) in [6, 6.07) is 14.1. The molecule has 1 aliphatic rings. The number of amides is 1. The number of hydrogen-bond donors (Lipinski definition) is 3. The Hall–Kier alpha value is -4.09. The van der Waals surface area contributed by atoms with Crippen molar-refractivity contribution in [1.82, 2.24) is 15.3 Å². The van der Waals surface area contributed by atoms with Crippen molar-refractivity contribution in [2.24, 2.45) is 0 Å². The lowest BCUT2D eigenvalue weighted by molar-refractivity contribution is -0.192. The van der Waals surface area contributed by atoms with Gasteiger partial charge in [0, 0.05) is 23.5 Å². The molecule has 0 unspecified atom stereocenters. The second-order valence-electron chi connectivity index (χ2n) is 8.72. The van der Waals surface area contributed by atoms with E-state index in [-0.39, 0.29) is 17.8 Å². The van der Waals surface area contributed by atoms with Crippen LogP contribution in [0.4, 0.5) is 19.0 Å². The number of methoxy groups -OCH3 is 2. The molecule has 2 aromatic heterocycles. The van der Waals surface area contributed by atoms with Crippen molar-refractivity contribution in [2.45, 2.75) is 50.9 Å². The third-order valence-electron chi connectivity index (χ3n) is 6.06. The van der Waals surface area contributed by atoms with Gasteiger partial charge in [-0.05, 0) is 56.4 Å². The van der Waals surface area contributed by atoms with Gasteiger partial charge in [0.05, 0.1) is 19.7 Å². The summed E-state index contributed by atoms with van der Waals surface area (Å²) in [4.78, 5) is 30.6. The number of pyridine rings is 2. The van der Waals surface area contributed by atoms with Crippen LogP contribution >= 0.6 is 0 Å². The third kappa shape index (κ3) is 7.46. The molecular weight excluding hydrogens is 505 g/mol. The Balaban J connectivity index is 0.000000505. The molecule has 1 aromatic carbocycles. The number of halogens is 3. The minimum Gasteiger partial charge on any atom is -0.481 e. The smallest absolute Gasteiger partial charge is 0.481 e. The second-order valence-corrected chi connectivity index (χ2v) is 8.72. The lowest BCUT2D eigenvalue weighted by Crippen LogP contribution is -2.40. The maximum absolute atomic E-state index is 12.7. The van der Waals surface area contributed by atoms with Crippen LogP contribution in [0.25, 0.3) is 10.9 Å². The van der Waals surface area contributed by atoms with Gasteiger partial charge in [-0.2, -0.15) is 18.2 Å². The van der Waals surface area contributed by atoms with Crippen molar-refractivity contribution < 1.29 is 37.3 Å². The van der Waals surface area contributed by atoms with E-state index in [1.165, 1.54) is 25.2 Å². The fourth-order valence-corrected chi connectivity index (χ4v) is 4.14. The third-order valence-corrected chi connectivity index (χ3v) is 6.06. The van der Waals surface area contributed by atoms with Crippen molar-refractivity contribution in [3.8, 4) is 11.8 Å². The Morgan fingerprint density at radius 1 is 0.974 bits per heavy atom. The summed E-state index contributed by atoms with van der Waals surface area (Å²) in [6.07, 6.45) is -1.34. The predicted molar refractivity (Wildman–Crippen MR) is 135 cm³/mol. The van der Waals surface area contributed by atoms with E-state index in [0.717, 1.165) is 37.0 Å². The molecule has 2 heterocycles. The summed E-state index contributed by atoms with van der Waals surface area (Å²) in [6.45, 7) is 2.12. The number of alkyl halides is 3. The highest BCUT2D eigenvalue weighted by molar-refractivity contribution is 5.96. The van der Waals surface area contributed by atoms with Gasteiger partial charge < -0.3 is 25.2 Å². The average Bonchev–Trinajstić information content (AvgIpc) is 2.89. The number of benzene rings is 1. The number of nitrogens with one attached hydrogen (secondary N) is 2. The Labute approximate surface area is 217 Å². The lowest BCUT2D eigenvalue weighted by atomic mass is 9.91. The van der Waals surface area contributed by atoms with Gasteiger partial charge >= 0.3 is 12.1 Å². The number of para-hydroxylation sites is 1. The highest BCUT2D eigenvalue weighted by atomic mass is 19.4. The molecule has 1 amide bonds. The monoisotopic (exact) mass is 534 g/mol. The van der Waals surface area contributed by atoms with E-state index >= 15 is 0 Å². The molecular formula is C26H29F3N4O5. The SMILES string of the molecule is COc1ccc(C(=O)NC2CCC(Nc3cc(C)c4ccccc4n3)CC2)c(OC)n1.O=C(O)C(F)(F)F. The topological polar surface area (TPSA) is 123 Å². The summed E-state index contributed by atoms with van der Waals surface area (Å²) in [5, 5.41) is 15.0. The van der Waals surface area contributed by atoms with E-state index in [1.807, 2.05) is 18.2 Å². The van der Waals surface area contributed by atoms with Gasteiger partial charge in [-0.15, -0.1) is 0 Å². The van der Waals surface area contributed by atoms with Gasteiger partial charge in [-0.3, -0.25) is 4.79 Å². The van der Waals surface area contributed by atoms with E-state index in [4.69, 9.17) is 24.4 Å². The molecule has 0 spiro atoms. The highest BCUT2D eigenvalue weighted by Gasteiger charge is 2.38. The largest absolute Gasteiger partial charge is 0.490 e. The number of hydrogen-bond acceptors (Lipinski definition) is 7. The molecule has 204 valence electrons. The first-order valence-electron chi connectivity index (χ1n) is 11.8. The van der Waals surface area contributed by atoms with Crippen molar-refractivity contribution in [3.63, 3.8) is 0 Å². The molecule has 0 aliphatic heterocycles. The van der Waals surface area contributed by atoms with Crippen LogP contribution in [0, 0.1) is 6.92 Å². The van der Waals surface area contributed by atoms with Crippen LogP contribution < -0.4 is 20.1 Å². The molecule has 0 saturated heterocycles. The molecule has 0 radical (unpaired) electrons. The Morgan fingerprint density at radius 3 is 2.21 bits per heavy atom.